The van der Waals surface area contributed by atoms with Crippen LogP contribution < -0.4 is 4.74 Å². The maximum atomic E-state index is 12.9. The number of unbranched alkanes of at least 4 members (excludes halogenated alkanes) is 1. The average Bonchev–Trinajstić information content (AvgIpc) is 3.34. The van der Waals surface area contributed by atoms with E-state index in [1.807, 2.05) is 42.5 Å². The first-order valence-electron chi connectivity index (χ1n) is 12.4. The standard InChI is InChI=1S/C28H33N3O5/c1-34-27(32)24-25(29-31(26(24)28(33)35-2)21-13-5-3-6-14-21)22-15-7-8-16-23(22)36-20-12-11-19-30-17-9-4-10-18-30/h3,5-8,13-16H,4,9-12,17-20H2,1-2H3. The highest BCUT2D eigenvalue weighted by atomic mass is 16.5. The number of ether oxygens (including phenoxy) is 3. The number of hydrogen-bond acceptors (Lipinski definition) is 7. The van der Waals surface area contributed by atoms with Crippen LogP contribution in [0, 0.1) is 0 Å². The van der Waals surface area contributed by atoms with E-state index in [0.717, 1.165) is 19.4 Å². The van der Waals surface area contributed by atoms with Crippen LogP contribution in [0.15, 0.2) is 54.6 Å². The topological polar surface area (TPSA) is 82.9 Å². The molecule has 1 saturated heterocycles. The first kappa shape index (κ1) is 25.4. The molecule has 0 spiro atoms. The van der Waals surface area contributed by atoms with Gasteiger partial charge in [0.25, 0.3) is 0 Å². The normalized spacial score (nSPS) is 13.8. The molecule has 1 aromatic heterocycles. The Morgan fingerprint density at radius 2 is 1.56 bits per heavy atom. The molecule has 3 aromatic rings. The molecule has 1 fully saturated rings. The van der Waals surface area contributed by atoms with Gasteiger partial charge in [-0.2, -0.15) is 5.10 Å². The number of aromatic nitrogens is 2. The van der Waals surface area contributed by atoms with E-state index >= 15 is 0 Å². The molecule has 0 aliphatic carbocycles. The Morgan fingerprint density at radius 1 is 0.861 bits per heavy atom. The van der Waals surface area contributed by atoms with E-state index in [9.17, 15) is 9.59 Å². The van der Waals surface area contributed by atoms with Gasteiger partial charge in [-0.25, -0.2) is 14.3 Å². The number of carbonyl (C=O) groups is 2. The molecule has 8 heteroatoms. The summed E-state index contributed by atoms with van der Waals surface area (Å²) in [5.41, 5.74) is 1.56. The minimum absolute atomic E-state index is 0.00174. The molecular formula is C28H33N3O5. The summed E-state index contributed by atoms with van der Waals surface area (Å²) in [5, 5.41) is 4.68. The van der Waals surface area contributed by atoms with Crippen LogP contribution in [0.3, 0.4) is 0 Å². The van der Waals surface area contributed by atoms with Gasteiger partial charge in [-0.05, 0) is 69.6 Å². The minimum atomic E-state index is -0.686. The highest BCUT2D eigenvalue weighted by Gasteiger charge is 2.32. The monoisotopic (exact) mass is 491 g/mol. The van der Waals surface area contributed by atoms with Gasteiger partial charge in [0.05, 0.1) is 26.5 Å². The SMILES string of the molecule is COC(=O)c1c(-c2ccccc2OCCCCN2CCCCC2)nn(-c2ccccc2)c1C(=O)OC. The first-order chi connectivity index (χ1) is 17.6. The van der Waals surface area contributed by atoms with Crippen LogP contribution in [0.1, 0.15) is 53.0 Å². The van der Waals surface area contributed by atoms with Crippen molar-refractivity contribution in [2.45, 2.75) is 32.1 Å². The molecule has 4 rings (SSSR count). The molecule has 0 saturated carbocycles. The third-order valence-corrected chi connectivity index (χ3v) is 6.37. The van der Waals surface area contributed by atoms with Gasteiger partial charge in [-0.3, -0.25) is 0 Å². The number of esters is 2. The Morgan fingerprint density at radius 3 is 2.28 bits per heavy atom. The minimum Gasteiger partial charge on any atom is -0.493 e. The first-order valence-corrected chi connectivity index (χ1v) is 12.4. The quantitative estimate of drug-likeness (QED) is 0.299. The van der Waals surface area contributed by atoms with Crippen LogP contribution in [-0.2, 0) is 9.47 Å². The van der Waals surface area contributed by atoms with Crippen molar-refractivity contribution in [3.8, 4) is 22.7 Å². The van der Waals surface area contributed by atoms with Crippen LogP contribution in [0.4, 0.5) is 0 Å². The van der Waals surface area contributed by atoms with Gasteiger partial charge in [-0.1, -0.05) is 36.8 Å². The lowest BCUT2D eigenvalue weighted by Gasteiger charge is -2.26. The van der Waals surface area contributed by atoms with E-state index in [4.69, 9.17) is 14.2 Å². The number of piperidine rings is 1. The van der Waals surface area contributed by atoms with Crippen molar-refractivity contribution < 1.29 is 23.8 Å². The van der Waals surface area contributed by atoms with Gasteiger partial charge in [0.15, 0.2) is 5.69 Å². The number of benzene rings is 2. The Balaban J connectivity index is 1.63. The molecule has 36 heavy (non-hydrogen) atoms. The Kier molecular flexibility index (Phi) is 8.73. The number of nitrogens with zero attached hydrogens (tertiary/aromatic N) is 3. The second-order valence-electron chi connectivity index (χ2n) is 8.76. The molecule has 0 bridgehead atoms. The lowest BCUT2D eigenvalue weighted by molar-refractivity contribution is 0.0549. The third kappa shape index (κ3) is 5.76. The second kappa shape index (κ2) is 12.4. The zero-order chi connectivity index (χ0) is 25.3. The average molecular weight is 492 g/mol. The number of hydrogen-bond donors (Lipinski definition) is 0. The van der Waals surface area contributed by atoms with Crippen LogP contribution >= 0.6 is 0 Å². The number of para-hydroxylation sites is 2. The van der Waals surface area contributed by atoms with Crippen molar-refractivity contribution in [2.24, 2.45) is 0 Å². The fourth-order valence-corrected chi connectivity index (χ4v) is 4.53. The Hall–Kier alpha value is -3.65. The highest BCUT2D eigenvalue weighted by molar-refractivity contribution is 6.07. The third-order valence-electron chi connectivity index (χ3n) is 6.37. The summed E-state index contributed by atoms with van der Waals surface area (Å²) in [6.45, 7) is 4.00. The predicted octanol–water partition coefficient (Wildman–Crippen LogP) is 4.76. The maximum Gasteiger partial charge on any atom is 0.357 e. The summed E-state index contributed by atoms with van der Waals surface area (Å²) in [6.07, 6.45) is 5.89. The van der Waals surface area contributed by atoms with Crippen LogP contribution in [-0.4, -0.2) is 67.1 Å². The number of carbonyl (C=O) groups excluding carboxylic acids is 2. The number of rotatable bonds is 10. The number of likely N-dealkylation sites (tertiary alicyclic amines) is 1. The van der Waals surface area contributed by atoms with Crippen molar-refractivity contribution in [3.05, 3.63) is 65.9 Å². The smallest absolute Gasteiger partial charge is 0.357 e. The lowest BCUT2D eigenvalue weighted by atomic mass is 10.0. The van der Waals surface area contributed by atoms with Gasteiger partial charge in [-0.15, -0.1) is 0 Å². The van der Waals surface area contributed by atoms with Crippen LogP contribution in [0.25, 0.3) is 16.9 Å². The van der Waals surface area contributed by atoms with Gasteiger partial charge in [0.1, 0.15) is 17.0 Å². The van der Waals surface area contributed by atoms with Crippen LogP contribution in [0.5, 0.6) is 5.75 Å². The summed E-state index contributed by atoms with van der Waals surface area (Å²) in [7, 11) is 2.55. The molecule has 0 unspecified atom stereocenters. The van der Waals surface area contributed by atoms with Crippen LogP contribution in [0.2, 0.25) is 0 Å². The zero-order valence-corrected chi connectivity index (χ0v) is 20.9. The molecule has 1 aliphatic heterocycles. The molecule has 2 aromatic carbocycles. The van der Waals surface area contributed by atoms with Crippen molar-refractivity contribution >= 4 is 11.9 Å². The molecule has 0 N–H and O–H groups in total. The van der Waals surface area contributed by atoms with Crippen molar-refractivity contribution in [3.63, 3.8) is 0 Å². The van der Waals surface area contributed by atoms with Crippen molar-refractivity contribution in [1.29, 1.82) is 0 Å². The van der Waals surface area contributed by atoms with E-state index in [-0.39, 0.29) is 11.3 Å². The summed E-state index contributed by atoms with van der Waals surface area (Å²) in [5.74, 6) is -0.771. The van der Waals surface area contributed by atoms with Gasteiger partial charge in [0.2, 0.25) is 0 Å². The van der Waals surface area contributed by atoms with E-state index in [1.54, 1.807) is 12.1 Å². The fourth-order valence-electron chi connectivity index (χ4n) is 4.53. The highest BCUT2D eigenvalue weighted by Crippen LogP contribution is 2.35. The van der Waals surface area contributed by atoms with Gasteiger partial charge < -0.3 is 19.1 Å². The molecule has 0 radical (unpaired) electrons. The maximum absolute atomic E-state index is 12.9. The van der Waals surface area contributed by atoms with Crippen molar-refractivity contribution in [2.75, 3.05) is 40.5 Å². The van der Waals surface area contributed by atoms with Gasteiger partial charge >= 0.3 is 11.9 Å². The van der Waals surface area contributed by atoms with Crippen molar-refractivity contribution in [1.82, 2.24) is 14.7 Å². The predicted molar refractivity (Wildman–Crippen MR) is 137 cm³/mol. The molecule has 0 amide bonds. The summed E-state index contributed by atoms with van der Waals surface area (Å²) < 4.78 is 17.6. The van der Waals surface area contributed by atoms with E-state index in [2.05, 4.69) is 10.00 Å². The molecule has 1 aliphatic rings. The Bertz CT molecular complexity index is 1170. The largest absolute Gasteiger partial charge is 0.493 e. The molecule has 8 nitrogen and oxygen atoms in total. The summed E-state index contributed by atoms with van der Waals surface area (Å²) >= 11 is 0. The fraction of sp³-hybridized carbons (Fsp3) is 0.393. The lowest BCUT2D eigenvalue weighted by Crippen LogP contribution is -2.30. The summed E-state index contributed by atoms with van der Waals surface area (Å²) in [6, 6.07) is 16.5. The van der Waals surface area contributed by atoms with E-state index in [0.29, 0.717) is 29.3 Å². The summed E-state index contributed by atoms with van der Waals surface area (Å²) in [4.78, 5) is 28.3. The second-order valence-corrected chi connectivity index (χ2v) is 8.76. The van der Waals surface area contributed by atoms with E-state index < -0.39 is 11.9 Å². The van der Waals surface area contributed by atoms with E-state index in [1.165, 1.54) is 51.3 Å². The Labute approximate surface area is 211 Å². The van der Waals surface area contributed by atoms with Gasteiger partial charge in [0, 0.05) is 5.56 Å². The zero-order valence-electron chi connectivity index (χ0n) is 20.9. The molecule has 190 valence electrons. The molecular weight excluding hydrogens is 458 g/mol. The number of methoxy groups -OCH3 is 2. The molecule has 0 atom stereocenters. The molecule has 2 heterocycles.